The zero-order valence-corrected chi connectivity index (χ0v) is 15.7. The second-order valence-electron chi connectivity index (χ2n) is 6.53. The van der Waals surface area contributed by atoms with E-state index in [4.69, 9.17) is 18.9 Å². The predicted molar refractivity (Wildman–Crippen MR) is 102 cm³/mol. The molecule has 3 rings (SSSR count). The molecule has 0 spiro atoms. The van der Waals surface area contributed by atoms with Gasteiger partial charge in [0, 0.05) is 6.92 Å². The summed E-state index contributed by atoms with van der Waals surface area (Å²) in [6.07, 6.45) is -3.90. The first-order chi connectivity index (χ1) is 13.5. The Labute approximate surface area is 164 Å². The van der Waals surface area contributed by atoms with E-state index in [-0.39, 0.29) is 19.0 Å². The molecule has 1 heterocycles. The molecular weight excluding hydrogens is 360 g/mol. The fourth-order valence-electron chi connectivity index (χ4n) is 2.95. The Morgan fingerprint density at radius 3 is 2.04 bits per heavy atom. The number of carbonyl (C=O) groups is 1. The van der Waals surface area contributed by atoms with Crippen LogP contribution < -0.4 is 0 Å². The number of esters is 1. The average molecular weight is 384 g/mol. The summed E-state index contributed by atoms with van der Waals surface area (Å²) in [5.41, 5.74) is 1.86. The van der Waals surface area contributed by atoms with Crippen LogP contribution in [0.4, 0.5) is 0 Å². The van der Waals surface area contributed by atoms with E-state index in [2.05, 4.69) is 6.58 Å². The minimum absolute atomic E-state index is 0.111. The van der Waals surface area contributed by atoms with Crippen LogP contribution in [-0.4, -0.2) is 35.7 Å². The number of aliphatic hydroxyl groups excluding tert-OH is 1. The lowest BCUT2D eigenvalue weighted by Crippen LogP contribution is -2.55. The molecule has 2 aromatic rings. The van der Waals surface area contributed by atoms with E-state index >= 15 is 0 Å². The summed E-state index contributed by atoms with van der Waals surface area (Å²) in [6.45, 7) is 5.52. The largest absolute Gasteiger partial charge is 0.463 e. The summed E-state index contributed by atoms with van der Waals surface area (Å²) in [4.78, 5) is 11.6. The smallest absolute Gasteiger partial charge is 0.303 e. The monoisotopic (exact) mass is 384 g/mol. The quantitative estimate of drug-likeness (QED) is 0.740. The number of rotatable bonds is 7. The van der Waals surface area contributed by atoms with Crippen LogP contribution in [0, 0.1) is 0 Å². The van der Waals surface area contributed by atoms with E-state index < -0.39 is 30.6 Å². The van der Waals surface area contributed by atoms with Crippen molar-refractivity contribution in [1.82, 2.24) is 0 Å². The molecule has 0 aromatic heterocycles. The Balaban J connectivity index is 1.74. The van der Waals surface area contributed by atoms with Crippen molar-refractivity contribution in [1.29, 1.82) is 0 Å². The maximum absolute atomic E-state index is 11.6. The molecule has 1 N–H and O–H groups in total. The number of ether oxygens (including phenoxy) is 4. The van der Waals surface area contributed by atoms with Crippen LogP contribution in [0.25, 0.3) is 0 Å². The summed E-state index contributed by atoms with van der Waals surface area (Å²) in [7, 11) is 0. The predicted octanol–water partition coefficient (Wildman–Crippen LogP) is 2.95. The van der Waals surface area contributed by atoms with Crippen molar-refractivity contribution in [3.8, 4) is 0 Å². The molecule has 6 heteroatoms. The summed E-state index contributed by atoms with van der Waals surface area (Å²) >= 11 is 0. The molecule has 0 bridgehead atoms. The van der Waals surface area contributed by atoms with E-state index in [9.17, 15) is 9.90 Å². The molecule has 0 saturated carbocycles. The molecule has 0 amide bonds. The summed E-state index contributed by atoms with van der Waals surface area (Å²) in [6, 6.07) is 19.1. The van der Waals surface area contributed by atoms with Gasteiger partial charge >= 0.3 is 5.97 Å². The molecule has 0 radical (unpaired) electrons. The van der Waals surface area contributed by atoms with Crippen LogP contribution in [0.1, 0.15) is 18.1 Å². The first kappa shape index (κ1) is 20.1. The standard InChI is InChI=1S/C22H24O6/c1-15-19(24)20(25-13-17-9-5-3-6-10-17)21(28-16(2)23)22(27-15)26-14-18-11-7-4-8-12-18/h3-12,19-22,24H,1,13-14H2,2H3/t19-,20+,21+,22+/m1/s1. The average Bonchev–Trinajstić information content (AvgIpc) is 2.70. The Bertz CT molecular complexity index is 776. The lowest BCUT2D eigenvalue weighted by Gasteiger charge is -2.40. The highest BCUT2D eigenvalue weighted by Crippen LogP contribution is 2.29. The molecule has 6 nitrogen and oxygen atoms in total. The number of benzene rings is 2. The van der Waals surface area contributed by atoms with Gasteiger partial charge in [0.25, 0.3) is 0 Å². The van der Waals surface area contributed by atoms with Gasteiger partial charge < -0.3 is 24.1 Å². The summed E-state index contributed by atoms with van der Waals surface area (Å²) in [5, 5.41) is 10.5. The molecule has 28 heavy (non-hydrogen) atoms. The SMILES string of the molecule is C=C1O[C@H](OCc2ccccc2)[C@@H](OC(C)=O)[C@@H](OCc2ccccc2)[C@@H]1O. The van der Waals surface area contributed by atoms with Gasteiger partial charge in [0.15, 0.2) is 6.10 Å². The van der Waals surface area contributed by atoms with E-state index in [1.165, 1.54) is 6.92 Å². The van der Waals surface area contributed by atoms with Gasteiger partial charge in [-0.25, -0.2) is 0 Å². The Morgan fingerprint density at radius 2 is 1.50 bits per heavy atom. The molecule has 4 atom stereocenters. The van der Waals surface area contributed by atoms with E-state index in [0.29, 0.717) is 0 Å². The summed E-state index contributed by atoms with van der Waals surface area (Å²) in [5.74, 6) is -0.408. The normalized spacial score (nSPS) is 24.4. The molecule has 0 unspecified atom stereocenters. The van der Waals surface area contributed by atoms with Crippen molar-refractivity contribution in [2.45, 2.75) is 44.7 Å². The van der Waals surface area contributed by atoms with E-state index in [0.717, 1.165) is 11.1 Å². The third-order valence-electron chi connectivity index (χ3n) is 4.35. The van der Waals surface area contributed by atoms with Gasteiger partial charge in [0.2, 0.25) is 6.29 Å². The first-order valence-corrected chi connectivity index (χ1v) is 9.06. The lowest BCUT2D eigenvalue weighted by atomic mass is 10.0. The number of hydrogen-bond acceptors (Lipinski definition) is 6. The minimum atomic E-state index is -1.15. The van der Waals surface area contributed by atoms with Crippen molar-refractivity contribution in [3.05, 3.63) is 84.1 Å². The van der Waals surface area contributed by atoms with Crippen molar-refractivity contribution in [2.24, 2.45) is 0 Å². The Kier molecular flexibility index (Phi) is 6.81. The van der Waals surface area contributed by atoms with Crippen LogP contribution in [0.15, 0.2) is 73.0 Å². The number of carbonyl (C=O) groups excluding carboxylic acids is 1. The topological polar surface area (TPSA) is 74.2 Å². The highest BCUT2D eigenvalue weighted by atomic mass is 16.7. The fraction of sp³-hybridized carbons (Fsp3) is 0.318. The summed E-state index contributed by atoms with van der Waals surface area (Å²) < 4.78 is 22.7. The number of hydrogen-bond donors (Lipinski definition) is 1. The van der Waals surface area contributed by atoms with Crippen molar-refractivity contribution >= 4 is 5.97 Å². The van der Waals surface area contributed by atoms with Crippen LogP contribution in [0.3, 0.4) is 0 Å². The number of aliphatic hydroxyl groups is 1. The molecule has 1 aliphatic heterocycles. The zero-order chi connectivity index (χ0) is 19.9. The maximum Gasteiger partial charge on any atom is 0.303 e. The van der Waals surface area contributed by atoms with Crippen molar-refractivity contribution in [3.63, 3.8) is 0 Å². The highest BCUT2D eigenvalue weighted by Gasteiger charge is 2.46. The third-order valence-corrected chi connectivity index (χ3v) is 4.35. The molecular formula is C22H24O6. The van der Waals surface area contributed by atoms with Gasteiger partial charge in [-0.2, -0.15) is 0 Å². The van der Waals surface area contributed by atoms with Gasteiger partial charge in [-0.05, 0) is 11.1 Å². The van der Waals surface area contributed by atoms with Crippen molar-refractivity contribution < 1.29 is 28.8 Å². The van der Waals surface area contributed by atoms with Gasteiger partial charge in [-0.3, -0.25) is 4.79 Å². The zero-order valence-electron chi connectivity index (χ0n) is 15.7. The first-order valence-electron chi connectivity index (χ1n) is 9.06. The molecule has 1 fully saturated rings. The lowest BCUT2D eigenvalue weighted by molar-refractivity contribution is -0.265. The van der Waals surface area contributed by atoms with Crippen molar-refractivity contribution in [2.75, 3.05) is 0 Å². The Hall–Kier alpha value is -2.67. The fourth-order valence-corrected chi connectivity index (χ4v) is 2.95. The molecule has 0 aliphatic carbocycles. The second kappa shape index (κ2) is 9.50. The second-order valence-corrected chi connectivity index (χ2v) is 6.53. The Morgan fingerprint density at radius 1 is 0.964 bits per heavy atom. The van der Waals surface area contributed by atoms with Crippen LogP contribution in [0.2, 0.25) is 0 Å². The van der Waals surface area contributed by atoms with Crippen LogP contribution >= 0.6 is 0 Å². The minimum Gasteiger partial charge on any atom is -0.463 e. The van der Waals surface area contributed by atoms with Gasteiger partial charge in [0.05, 0.1) is 13.2 Å². The maximum atomic E-state index is 11.6. The van der Waals surface area contributed by atoms with Gasteiger partial charge in [-0.15, -0.1) is 0 Å². The molecule has 1 saturated heterocycles. The molecule has 148 valence electrons. The third kappa shape index (κ3) is 5.19. The van der Waals surface area contributed by atoms with Crippen LogP contribution in [0.5, 0.6) is 0 Å². The van der Waals surface area contributed by atoms with E-state index in [1.54, 1.807) is 0 Å². The van der Waals surface area contributed by atoms with Gasteiger partial charge in [0.1, 0.15) is 18.0 Å². The highest BCUT2D eigenvalue weighted by molar-refractivity contribution is 5.66. The molecule has 1 aliphatic rings. The van der Waals surface area contributed by atoms with Gasteiger partial charge in [-0.1, -0.05) is 67.2 Å². The van der Waals surface area contributed by atoms with Crippen LogP contribution in [-0.2, 0) is 37.0 Å². The van der Waals surface area contributed by atoms with E-state index in [1.807, 2.05) is 60.7 Å². The molecule has 2 aromatic carbocycles.